The molecule has 0 aromatic carbocycles. The second kappa shape index (κ2) is 5.56. The van der Waals surface area contributed by atoms with Crippen LogP contribution in [0, 0.1) is 0 Å². The molecule has 0 spiro atoms. The van der Waals surface area contributed by atoms with E-state index in [0.29, 0.717) is 17.9 Å². The van der Waals surface area contributed by atoms with E-state index >= 15 is 0 Å². The lowest BCUT2D eigenvalue weighted by atomic mass is 10.0. The molecule has 2 atom stereocenters. The van der Waals surface area contributed by atoms with E-state index in [-0.39, 0.29) is 0 Å². The summed E-state index contributed by atoms with van der Waals surface area (Å²) in [6, 6.07) is 0.461. The molecule has 1 N–H and O–H groups in total. The highest BCUT2D eigenvalue weighted by Crippen LogP contribution is 2.23. The third-order valence-electron chi connectivity index (χ3n) is 2.64. The van der Waals surface area contributed by atoms with Crippen molar-refractivity contribution in [2.45, 2.75) is 52.5 Å². The molecule has 1 heterocycles. The van der Waals surface area contributed by atoms with Crippen molar-refractivity contribution in [2.75, 3.05) is 6.54 Å². The van der Waals surface area contributed by atoms with E-state index in [1.807, 2.05) is 0 Å². The van der Waals surface area contributed by atoms with Crippen molar-refractivity contribution in [2.24, 2.45) is 0 Å². The van der Waals surface area contributed by atoms with Crippen LogP contribution >= 0.6 is 11.5 Å². The predicted octanol–water partition coefficient (Wildman–Crippen LogP) is 2.76. The van der Waals surface area contributed by atoms with Gasteiger partial charge in [-0.2, -0.15) is 4.37 Å². The first-order valence-electron chi connectivity index (χ1n) is 5.63. The largest absolute Gasteiger partial charge is 0.314 e. The minimum atomic E-state index is 0.427. The van der Waals surface area contributed by atoms with Crippen molar-refractivity contribution >= 4 is 11.5 Å². The first-order valence-corrected chi connectivity index (χ1v) is 6.40. The molecule has 1 aromatic heterocycles. The summed E-state index contributed by atoms with van der Waals surface area (Å²) in [6.07, 6.45) is 0. The van der Waals surface area contributed by atoms with Gasteiger partial charge in [0, 0.05) is 17.9 Å². The summed E-state index contributed by atoms with van der Waals surface area (Å²) < 4.78 is 4.38. The molecule has 1 rings (SSSR count). The summed E-state index contributed by atoms with van der Waals surface area (Å²) in [5.74, 6) is 1.84. The van der Waals surface area contributed by atoms with E-state index in [9.17, 15) is 0 Å². The first-order chi connectivity index (χ1) is 7.06. The highest BCUT2D eigenvalue weighted by molar-refractivity contribution is 7.05. The summed E-state index contributed by atoms with van der Waals surface area (Å²) in [5, 5.41) is 4.57. The standard InChI is InChI=1S/C11H21N3S/c1-6-12-9(5)8(4)11-13-10(7(2)3)14-15-11/h7-9,12H,6H2,1-5H3. The molecule has 0 aliphatic heterocycles. The first kappa shape index (κ1) is 12.6. The Morgan fingerprint density at radius 1 is 1.27 bits per heavy atom. The number of nitrogens with one attached hydrogen (secondary N) is 1. The van der Waals surface area contributed by atoms with Crippen LogP contribution in [-0.4, -0.2) is 21.9 Å². The van der Waals surface area contributed by atoms with Crippen molar-refractivity contribution in [3.63, 3.8) is 0 Å². The number of likely N-dealkylation sites (N-methyl/N-ethyl adjacent to an activating group) is 1. The molecular formula is C11H21N3S. The Morgan fingerprint density at radius 2 is 1.93 bits per heavy atom. The fraction of sp³-hybridized carbons (Fsp3) is 0.818. The molecule has 0 amide bonds. The van der Waals surface area contributed by atoms with Crippen LogP contribution in [0.3, 0.4) is 0 Å². The van der Waals surface area contributed by atoms with Crippen LogP contribution in [-0.2, 0) is 0 Å². The topological polar surface area (TPSA) is 37.8 Å². The summed E-state index contributed by atoms with van der Waals surface area (Å²) in [6.45, 7) is 11.8. The molecule has 4 heteroatoms. The van der Waals surface area contributed by atoms with E-state index in [2.05, 4.69) is 49.3 Å². The third kappa shape index (κ3) is 3.24. The molecule has 2 unspecified atom stereocenters. The second-order valence-electron chi connectivity index (χ2n) is 4.28. The van der Waals surface area contributed by atoms with Gasteiger partial charge in [-0.25, -0.2) is 4.98 Å². The smallest absolute Gasteiger partial charge is 0.145 e. The molecular weight excluding hydrogens is 206 g/mol. The molecule has 86 valence electrons. The van der Waals surface area contributed by atoms with Gasteiger partial charge in [0.15, 0.2) is 0 Å². The monoisotopic (exact) mass is 227 g/mol. The lowest BCUT2D eigenvalue weighted by molar-refractivity contribution is 0.492. The number of hydrogen-bond acceptors (Lipinski definition) is 4. The Hall–Kier alpha value is -0.480. The minimum Gasteiger partial charge on any atom is -0.314 e. The van der Waals surface area contributed by atoms with Gasteiger partial charge in [0.05, 0.1) is 0 Å². The van der Waals surface area contributed by atoms with E-state index in [0.717, 1.165) is 17.4 Å². The van der Waals surface area contributed by atoms with Crippen LogP contribution in [0.1, 0.15) is 57.3 Å². The molecule has 0 radical (unpaired) electrons. The Balaban J connectivity index is 2.69. The minimum absolute atomic E-state index is 0.427. The van der Waals surface area contributed by atoms with Crippen molar-refractivity contribution < 1.29 is 0 Å². The van der Waals surface area contributed by atoms with Gasteiger partial charge in [-0.1, -0.05) is 27.7 Å². The van der Waals surface area contributed by atoms with Gasteiger partial charge in [0.2, 0.25) is 0 Å². The van der Waals surface area contributed by atoms with Crippen molar-refractivity contribution in [1.82, 2.24) is 14.7 Å². The summed E-state index contributed by atoms with van der Waals surface area (Å²) in [7, 11) is 0. The predicted molar refractivity (Wildman–Crippen MR) is 65.6 cm³/mol. The quantitative estimate of drug-likeness (QED) is 0.840. The molecule has 15 heavy (non-hydrogen) atoms. The summed E-state index contributed by atoms with van der Waals surface area (Å²) in [5.41, 5.74) is 0. The lowest BCUT2D eigenvalue weighted by Crippen LogP contribution is -2.30. The van der Waals surface area contributed by atoms with Crippen molar-refractivity contribution in [3.05, 3.63) is 10.8 Å². The summed E-state index contributed by atoms with van der Waals surface area (Å²) >= 11 is 1.54. The zero-order valence-corrected chi connectivity index (χ0v) is 11.1. The van der Waals surface area contributed by atoms with Crippen LogP contribution in [0.4, 0.5) is 0 Å². The van der Waals surface area contributed by atoms with Gasteiger partial charge < -0.3 is 5.32 Å². The lowest BCUT2D eigenvalue weighted by Gasteiger charge is -2.17. The third-order valence-corrected chi connectivity index (χ3v) is 3.57. The van der Waals surface area contributed by atoms with Crippen molar-refractivity contribution in [3.8, 4) is 0 Å². The Bertz CT molecular complexity index is 296. The molecule has 0 fully saturated rings. The van der Waals surface area contributed by atoms with Gasteiger partial charge in [-0.05, 0) is 25.0 Å². The Morgan fingerprint density at radius 3 is 2.40 bits per heavy atom. The van der Waals surface area contributed by atoms with Crippen LogP contribution in [0.15, 0.2) is 0 Å². The fourth-order valence-electron chi connectivity index (χ4n) is 1.38. The highest BCUT2D eigenvalue weighted by atomic mass is 32.1. The Kier molecular flexibility index (Phi) is 4.67. The maximum absolute atomic E-state index is 4.58. The van der Waals surface area contributed by atoms with E-state index < -0.39 is 0 Å². The summed E-state index contributed by atoms with van der Waals surface area (Å²) in [4.78, 5) is 4.58. The SMILES string of the molecule is CCNC(C)C(C)c1nc(C(C)C)ns1. The molecule has 0 saturated carbocycles. The van der Waals surface area contributed by atoms with E-state index in [1.54, 1.807) is 0 Å². The molecule has 0 aliphatic rings. The zero-order chi connectivity index (χ0) is 11.4. The zero-order valence-electron chi connectivity index (χ0n) is 10.2. The number of aromatic nitrogens is 2. The van der Waals surface area contributed by atoms with Gasteiger partial charge in [-0.3, -0.25) is 0 Å². The van der Waals surface area contributed by atoms with Crippen LogP contribution in [0.2, 0.25) is 0 Å². The van der Waals surface area contributed by atoms with Crippen LogP contribution in [0.25, 0.3) is 0 Å². The van der Waals surface area contributed by atoms with Gasteiger partial charge in [-0.15, -0.1) is 0 Å². The maximum Gasteiger partial charge on any atom is 0.145 e. The molecule has 0 saturated heterocycles. The van der Waals surface area contributed by atoms with Crippen LogP contribution < -0.4 is 5.32 Å². The average Bonchev–Trinajstić information content (AvgIpc) is 2.65. The fourth-order valence-corrected chi connectivity index (χ4v) is 2.32. The van der Waals surface area contributed by atoms with Crippen LogP contribution in [0.5, 0.6) is 0 Å². The van der Waals surface area contributed by atoms with Gasteiger partial charge >= 0.3 is 0 Å². The van der Waals surface area contributed by atoms with E-state index in [4.69, 9.17) is 0 Å². The van der Waals surface area contributed by atoms with Gasteiger partial charge in [0.25, 0.3) is 0 Å². The molecule has 0 aliphatic carbocycles. The molecule has 1 aromatic rings. The van der Waals surface area contributed by atoms with Gasteiger partial charge in [0.1, 0.15) is 10.8 Å². The average molecular weight is 227 g/mol. The number of hydrogen-bond donors (Lipinski definition) is 1. The number of nitrogens with zero attached hydrogens (tertiary/aromatic N) is 2. The Labute approximate surface area is 96.5 Å². The normalized spacial score (nSPS) is 15.6. The molecule has 3 nitrogen and oxygen atoms in total. The second-order valence-corrected chi connectivity index (χ2v) is 5.06. The number of rotatable bonds is 5. The highest BCUT2D eigenvalue weighted by Gasteiger charge is 2.18. The van der Waals surface area contributed by atoms with Crippen molar-refractivity contribution in [1.29, 1.82) is 0 Å². The van der Waals surface area contributed by atoms with E-state index in [1.165, 1.54) is 11.5 Å². The maximum atomic E-state index is 4.58. The molecule has 0 bridgehead atoms.